The van der Waals surface area contributed by atoms with Gasteiger partial charge >= 0.3 is 5.97 Å². The molecule has 0 saturated carbocycles. The van der Waals surface area contributed by atoms with Crippen molar-refractivity contribution in [3.63, 3.8) is 0 Å². The Morgan fingerprint density at radius 1 is 1.14 bits per heavy atom. The Morgan fingerprint density at radius 3 is 2.57 bits per heavy atom. The molecule has 0 atom stereocenters. The van der Waals surface area contributed by atoms with Crippen molar-refractivity contribution in [1.29, 1.82) is 0 Å². The number of thiophene rings is 1. The molecule has 0 aliphatic carbocycles. The van der Waals surface area contributed by atoms with E-state index in [-0.39, 0.29) is 18.1 Å². The number of methoxy groups -OCH3 is 2. The number of carbonyl (C=O) groups is 2. The third kappa shape index (κ3) is 3.86. The van der Waals surface area contributed by atoms with Gasteiger partial charge in [0.2, 0.25) is 0 Å². The summed E-state index contributed by atoms with van der Waals surface area (Å²) >= 11 is 1.22. The summed E-state index contributed by atoms with van der Waals surface area (Å²) < 4.78 is 21.0. The predicted molar refractivity (Wildman–Crippen MR) is 105 cm³/mol. The molecule has 0 unspecified atom stereocenters. The zero-order valence-corrected chi connectivity index (χ0v) is 16.4. The molecule has 0 saturated heterocycles. The van der Waals surface area contributed by atoms with Crippen molar-refractivity contribution in [2.24, 2.45) is 0 Å². The second kappa shape index (κ2) is 8.62. The predicted octanol–water partition coefficient (Wildman–Crippen LogP) is 4.45. The third-order valence-electron chi connectivity index (χ3n) is 3.93. The second-order valence-corrected chi connectivity index (χ2v) is 6.45. The topological polar surface area (TPSA) is 87.0 Å². The van der Waals surface area contributed by atoms with Crippen LogP contribution in [0.1, 0.15) is 27.6 Å². The summed E-state index contributed by atoms with van der Waals surface area (Å²) in [7, 11) is 3.01. The summed E-state index contributed by atoms with van der Waals surface area (Å²) in [5.41, 5.74) is 1.19. The number of rotatable bonds is 7. The van der Waals surface area contributed by atoms with E-state index in [1.165, 1.54) is 31.8 Å². The molecule has 1 amide bonds. The van der Waals surface area contributed by atoms with Crippen LogP contribution < -0.4 is 14.8 Å². The van der Waals surface area contributed by atoms with E-state index in [0.717, 1.165) is 0 Å². The molecule has 2 heterocycles. The number of benzene rings is 1. The van der Waals surface area contributed by atoms with Crippen molar-refractivity contribution in [1.82, 2.24) is 0 Å². The van der Waals surface area contributed by atoms with Gasteiger partial charge in [-0.25, -0.2) is 4.79 Å². The van der Waals surface area contributed by atoms with Gasteiger partial charge in [0.25, 0.3) is 5.91 Å². The summed E-state index contributed by atoms with van der Waals surface area (Å²) in [5.74, 6) is 0.550. The quantitative estimate of drug-likeness (QED) is 0.589. The average Bonchev–Trinajstić information content (AvgIpc) is 3.37. The van der Waals surface area contributed by atoms with Crippen LogP contribution in [0.3, 0.4) is 0 Å². The maximum Gasteiger partial charge on any atom is 0.341 e. The first kappa shape index (κ1) is 19.5. The monoisotopic (exact) mass is 401 g/mol. The Morgan fingerprint density at radius 2 is 1.93 bits per heavy atom. The van der Waals surface area contributed by atoms with Crippen LogP contribution >= 0.6 is 11.3 Å². The van der Waals surface area contributed by atoms with Gasteiger partial charge in [-0.1, -0.05) is 0 Å². The van der Waals surface area contributed by atoms with Crippen LogP contribution in [0.5, 0.6) is 11.5 Å². The molecule has 0 aliphatic heterocycles. The van der Waals surface area contributed by atoms with Crippen LogP contribution in [0, 0.1) is 0 Å². The highest BCUT2D eigenvalue weighted by atomic mass is 32.1. The Hall–Kier alpha value is -3.26. The molecule has 1 aromatic carbocycles. The summed E-state index contributed by atoms with van der Waals surface area (Å²) in [6.45, 7) is 1.94. The van der Waals surface area contributed by atoms with Gasteiger partial charge in [-0.2, -0.15) is 0 Å². The van der Waals surface area contributed by atoms with E-state index in [2.05, 4.69) is 5.32 Å². The normalized spacial score (nSPS) is 10.4. The fraction of sp³-hybridized carbons (Fsp3) is 0.200. The molecule has 0 spiro atoms. The Balaban J connectivity index is 1.94. The summed E-state index contributed by atoms with van der Waals surface area (Å²) in [6, 6.07) is 8.29. The lowest BCUT2D eigenvalue weighted by atomic mass is 10.1. The fourth-order valence-corrected chi connectivity index (χ4v) is 3.55. The van der Waals surface area contributed by atoms with Crippen LogP contribution in [0.15, 0.2) is 46.4 Å². The Bertz CT molecular complexity index is 977. The molecular formula is C20H19NO6S. The zero-order chi connectivity index (χ0) is 20.1. The molecule has 0 aliphatic rings. The largest absolute Gasteiger partial charge is 0.493 e. The van der Waals surface area contributed by atoms with Crippen molar-refractivity contribution in [2.75, 3.05) is 26.1 Å². The van der Waals surface area contributed by atoms with Crippen LogP contribution in [0.4, 0.5) is 5.00 Å². The van der Waals surface area contributed by atoms with Gasteiger partial charge in [-0.15, -0.1) is 11.3 Å². The van der Waals surface area contributed by atoms with Crippen molar-refractivity contribution in [2.45, 2.75) is 6.92 Å². The van der Waals surface area contributed by atoms with Crippen molar-refractivity contribution >= 4 is 28.2 Å². The highest BCUT2D eigenvalue weighted by Crippen LogP contribution is 2.37. The summed E-state index contributed by atoms with van der Waals surface area (Å²) in [4.78, 5) is 25.2. The highest BCUT2D eigenvalue weighted by molar-refractivity contribution is 7.15. The number of amides is 1. The number of anilines is 1. The first-order valence-corrected chi connectivity index (χ1v) is 9.32. The van der Waals surface area contributed by atoms with Gasteiger partial charge in [0.05, 0.1) is 27.1 Å². The molecule has 3 rings (SSSR count). The van der Waals surface area contributed by atoms with E-state index < -0.39 is 5.97 Å². The maximum absolute atomic E-state index is 12.7. The fourth-order valence-electron chi connectivity index (χ4n) is 2.62. The molecule has 28 heavy (non-hydrogen) atoms. The lowest BCUT2D eigenvalue weighted by Gasteiger charge is -2.10. The van der Waals surface area contributed by atoms with Gasteiger partial charge in [0.1, 0.15) is 16.3 Å². The number of nitrogens with one attached hydrogen (secondary N) is 1. The van der Waals surface area contributed by atoms with Crippen LogP contribution in [0.25, 0.3) is 11.3 Å². The smallest absolute Gasteiger partial charge is 0.341 e. The Labute approximate surface area is 165 Å². The summed E-state index contributed by atoms with van der Waals surface area (Å²) in [6.07, 6.45) is 1.52. The number of ether oxygens (including phenoxy) is 3. The molecule has 8 heteroatoms. The minimum atomic E-state index is -0.530. The van der Waals surface area contributed by atoms with E-state index in [1.54, 1.807) is 42.6 Å². The highest BCUT2D eigenvalue weighted by Gasteiger charge is 2.24. The minimum Gasteiger partial charge on any atom is -0.493 e. The van der Waals surface area contributed by atoms with Crippen LogP contribution in [0.2, 0.25) is 0 Å². The number of hydrogen-bond acceptors (Lipinski definition) is 7. The van der Waals surface area contributed by atoms with Crippen molar-refractivity contribution < 1.29 is 28.2 Å². The van der Waals surface area contributed by atoms with Gasteiger partial charge < -0.3 is 23.9 Å². The average molecular weight is 401 g/mol. The SMILES string of the molecule is CCOC(=O)c1c(-c2ccco2)csc1NC(=O)c1ccc(OC)c(OC)c1. The molecule has 2 aromatic heterocycles. The molecule has 0 fully saturated rings. The number of esters is 1. The number of furan rings is 1. The first-order valence-electron chi connectivity index (χ1n) is 8.44. The standard InChI is InChI=1S/C20H19NO6S/c1-4-26-20(23)17-13(14-6-5-9-27-14)11-28-19(17)21-18(22)12-7-8-15(24-2)16(10-12)25-3/h5-11H,4H2,1-3H3,(H,21,22). The maximum atomic E-state index is 12.7. The number of carbonyl (C=O) groups excluding carboxylic acids is 2. The first-order chi connectivity index (χ1) is 13.6. The van der Waals surface area contributed by atoms with Gasteiger partial charge in [0, 0.05) is 16.5 Å². The van der Waals surface area contributed by atoms with Crippen molar-refractivity contribution in [3.8, 4) is 22.8 Å². The second-order valence-electron chi connectivity index (χ2n) is 5.58. The van der Waals surface area contributed by atoms with Gasteiger partial charge in [-0.3, -0.25) is 4.79 Å². The molecule has 146 valence electrons. The minimum absolute atomic E-state index is 0.218. The summed E-state index contributed by atoms with van der Waals surface area (Å²) in [5, 5.41) is 4.90. The van der Waals surface area contributed by atoms with E-state index >= 15 is 0 Å². The molecule has 1 N–H and O–H groups in total. The van der Waals surface area contributed by atoms with Crippen LogP contribution in [-0.4, -0.2) is 32.7 Å². The molecule has 0 bridgehead atoms. The van der Waals surface area contributed by atoms with E-state index in [9.17, 15) is 9.59 Å². The molecular weight excluding hydrogens is 382 g/mol. The van der Waals surface area contributed by atoms with Crippen LogP contribution in [-0.2, 0) is 4.74 Å². The zero-order valence-electron chi connectivity index (χ0n) is 15.6. The molecule has 7 nitrogen and oxygen atoms in total. The van der Waals surface area contributed by atoms with E-state index in [1.807, 2.05) is 0 Å². The number of hydrogen-bond donors (Lipinski definition) is 1. The van der Waals surface area contributed by atoms with Gasteiger partial charge in [0.15, 0.2) is 11.5 Å². The van der Waals surface area contributed by atoms with Crippen molar-refractivity contribution in [3.05, 3.63) is 53.1 Å². The third-order valence-corrected chi connectivity index (χ3v) is 4.83. The lowest BCUT2D eigenvalue weighted by molar-refractivity contribution is 0.0529. The van der Waals surface area contributed by atoms with E-state index in [4.69, 9.17) is 18.6 Å². The molecule has 0 radical (unpaired) electrons. The van der Waals surface area contributed by atoms with Gasteiger partial charge in [-0.05, 0) is 37.3 Å². The lowest BCUT2D eigenvalue weighted by Crippen LogP contribution is -2.15. The Kier molecular flexibility index (Phi) is 6.00. The molecule has 3 aromatic rings. The van der Waals surface area contributed by atoms with E-state index in [0.29, 0.717) is 33.4 Å².